The molecule has 0 aromatic heterocycles. The largest absolute Gasteiger partial charge is 0.485 e. The molecule has 2 saturated heterocycles. The van der Waals surface area contributed by atoms with E-state index in [4.69, 9.17) is 14.2 Å². The van der Waals surface area contributed by atoms with Crippen LogP contribution in [0.1, 0.15) is 32.6 Å². The standard InChI is InChI=1S/C20H27FN2O4/c1-12-2-6-14(7-3-12)22-20(24)23-16-10-25-19-17(11-26-18(16)19)27-15-8-4-13(21)5-9-15/h4-5,8-9,12,14,16-19H,2-3,6-7,10-11H2,1H3,(H2,22,23,24)/t12?,14?,16-,17-,18+,19+/m0/s1. The minimum Gasteiger partial charge on any atom is -0.485 e. The van der Waals surface area contributed by atoms with Crippen LogP contribution in [0.3, 0.4) is 0 Å². The molecule has 4 atom stereocenters. The van der Waals surface area contributed by atoms with Crippen LogP contribution >= 0.6 is 0 Å². The van der Waals surface area contributed by atoms with E-state index in [1.54, 1.807) is 12.1 Å². The summed E-state index contributed by atoms with van der Waals surface area (Å²) in [5.74, 6) is 1.03. The van der Waals surface area contributed by atoms with Crippen LogP contribution in [0.15, 0.2) is 24.3 Å². The Bertz CT molecular complexity index is 648. The van der Waals surface area contributed by atoms with Gasteiger partial charge in [0.05, 0.1) is 19.3 Å². The van der Waals surface area contributed by atoms with E-state index in [9.17, 15) is 9.18 Å². The number of urea groups is 1. The summed E-state index contributed by atoms with van der Waals surface area (Å²) in [6.45, 7) is 3.04. The molecule has 1 aromatic rings. The summed E-state index contributed by atoms with van der Waals surface area (Å²) in [4.78, 5) is 12.3. The topological polar surface area (TPSA) is 68.8 Å². The molecule has 3 aliphatic rings. The Morgan fingerprint density at radius 2 is 1.74 bits per heavy atom. The van der Waals surface area contributed by atoms with Crippen molar-refractivity contribution >= 4 is 6.03 Å². The van der Waals surface area contributed by atoms with Crippen molar-refractivity contribution in [2.75, 3.05) is 13.2 Å². The number of fused-ring (bicyclic) bond motifs is 1. The van der Waals surface area contributed by atoms with Gasteiger partial charge in [0.1, 0.15) is 23.8 Å². The zero-order valence-corrected chi connectivity index (χ0v) is 15.5. The summed E-state index contributed by atoms with van der Waals surface area (Å²) < 4.78 is 30.6. The van der Waals surface area contributed by atoms with Crippen molar-refractivity contribution in [3.8, 4) is 5.75 Å². The Morgan fingerprint density at radius 1 is 1.04 bits per heavy atom. The predicted molar refractivity (Wildman–Crippen MR) is 97.2 cm³/mol. The van der Waals surface area contributed by atoms with E-state index in [0.29, 0.717) is 19.0 Å². The molecule has 2 aliphatic heterocycles. The fraction of sp³-hybridized carbons (Fsp3) is 0.650. The van der Waals surface area contributed by atoms with Gasteiger partial charge in [0.15, 0.2) is 6.10 Å². The number of ether oxygens (including phenoxy) is 3. The summed E-state index contributed by atoms with van der Waals surface area (Å²) in [7, 11) is 0. The first-order valence-corrected chi connectivity index (χ1v) is 9.81. The quantitative estimate of drug-likeness (QED) is 0.845. The van der Waals surface area contributed by atoms with Crippen LogP contribution in [-0.4, -0.2) is 49.6 Å². The lowest BCUT2D eigenvalue weighted by Gasteiger charge is -2.27. The molecule has 2 N–H and O–H groups in total. The minimum atomic E-state index is -0.303. The molecule has 2 heterocycles. The molecular formula is C20H27FN2O4. The smallest absolute Gasteiger partial charge is 0.315 e. The molecular weight excluding hydrogens is 351 g/mol. The van der Waals surface area contributed by atoms with Gasteiger partial charge in [-0.15, -0.1) is 0 Å². The first-order valence-electron chi connectivity index (χ1n) is 9.81. The van der Waals surface area contributed by atoms with Gasteiger partial charge >= 0.3 is 6.03 Å². The zero-order chi connectivity index (χ0) is 18.8. The normalized spacial score (nSPS) is 35.5. The highest BCUT2D eigenvalue weighted by Gasteiger charge is 2.49. The third-order valence-electron chi connectivity index (χ3n) is 5.78. The van der Waals surface area contributed by atoms with Gasteiger partial charge in [-0.1, -0.05) is 6.92 Å². The maximum atomic E-state index is 13.0. The van der Waals surface area contributed by atoms with Crippen molar-refractivity contribution in [1.29, 1.82) is 0 Å². The molecule has 148 valence electrons. The van der Waals surface area contributed by atoms with Crippen molar-refractivity contribution in [1.82, 2.24) is 10.6 Å². The first kappa shape index (κ1) is 18.5. The van der Waals surface area contributed by atoms with Crippen molar-refractivity contribution in [2.24, 2.45) is 5.92 Å². The Labute approximate surface area is 158 Å². The van der Waals surface area contributed by atoms with Gasteiger partial charge in [0.2, 0.25) is 0 Å². The van der Waals surface area contributed by atoms with E-state index in [1.807, 2.05) is 0 Å². The summed E-state index contributed by atoms with van der Waals surface area (Å²) in [5.41, 5.74) is 0. The summed E-state index contributed by atoms with van der Waals surface area (Å²) in [5, 5.41) is 6.07. The Morgan fingerprint density at radius 3 is 2.48 bits per heavy atom. The fourth-order valence-corrected chi connectivity index (χ4v) is 4.18. The zero-order valence-electron chi connectivity index (χ0n) is 15.5. The van der Waals surface area contributed by atoms with E-state index < -0.39 is 0 Å². The van der Waals surface area contributed by atoms with Gasteiger partial charge in [-0.2, -0.15) is 0 Å². The molecule has 1 aromatic carbocycles. The van der Waals surface area contributed by atoms with Crippen molar-refractivity contribution < 1.29 is 23.4 Å². The van der Waals surface area contributed by atoms with Crippen LogP contribution in [0.5, 0.6) is 5.75 Å². The number of nitrogens with one attached hydrogen (secondary N) is 2. The SMILES string of the molecule is CC1CCC(NC(=O)N[C@H]2CO[C@H]3[C@@H]2OC[C@@H]3Oc2ccc(F)cc2)CC1. The number of hydrogen-bond donors (Lipinski definition) is 2. The number of amides is 2. The van der Waals surface area contributed by atoms with Gasteiger partial charge in [0.25, 0.3) is 0 Å². The van der Waals surface area contributed by atoms with E-state index in [2.05, 4.69) is 17.6 Å². The Hall–Kier alpha value is -1.86. The van der Waals surface area contributed by atoms with Crippen molar-refractivity contribution in [3.05, 3.63) is 30.1 Å². The molecule has 3 fully saturated rings. The number of carbonyl (C=O) groups is 1. The molecule has 0 bridgehead atoms. The highest BCUT2D eigenvalue weighted by atomic mass is 19.1. The second-order valence-electron chi connectivity index (χ2n) is 7.89. The van der Waals surface area contributed by atoms with Crippen LogP contribution < -0.4 is 15.4 Å². The summed E-state index contributed by atoms with van der Waals surface area (Å²) in [6, 6.07) is 5.79. The number of rotatable bonds is 4. The lowest BCUT2D eigenvalue weighted by molar-refractivity contribution is 0.0303. The molecule has 1 saturated carbocycles. The number of benzene rings is 1. The molecule has 1 aliphatic carbocycles. The molecule has 2 amide bonds. The maximum Gasteiger partial charge on any atom is 0.315 e. The highest BCUT2D eigenvalue weighted by molar-refractivity contribution is 5.74. The monoisotopic (exact) mass is 378 g/mol. The number of halogens is 1. The fourth-order valence-electron chi connectivity index (χ4n) is 4.18. The van der Waals surface area contributed by atoms with Crippen LogP contribution in [0.2, 0.25) is 0 Å². The summed E-state index contributed by atoms with van der Waals surface area (Å²) >= 11 is 0. The second kappa shape index (κ2) is 8.02. The molecule has 0 radical (unpaired) electrons. The van der Waals surface area contributed by atoms with Gasteiger partial charge < -0.3 is 24.8 Å². The molecule has 4 rings (SSSR count). The number of hydrogen-bond acceptors (Lipinski definition) is 4. The first-order chi connectivity index (χ1) is 13.1. The third-order valence-corrected chi connectivity index (χ3v) is 5.78. The Balaban J connectivity index is 1.27. The molecule has 0 spiro atoms. The van der Waals surface area contributed by atoms with Crippen LogP contribution in [0, 0.1) is 11.7 Å². The predicted octanol–water partition coefficient (Wildman–Crippen LogP) is 2.62. The van der Waals surface area contributed by atoms with E-state index in [1.165, 1.54) is 12.1 Å². The Kier molecular flexibility index (Phi) is 5.50. The molecule has 7 heteroatoms. The number of carbonyl (C=O) groups excluding carboxylic acids is 1. The maximum absolute atomic E-state index is 13.0. The van der Waals surface area contributed by atoms with Crippen LogP contribution in [0.25, 0.3) is 0 Å². The van der Waals surface area contributed by atoms with Gasteiger partial charge in [-0.25, -0.2) is 9.18 Å². The van der Waals surface area contributed by atoms with E-state index >= 15 is 0 Å². The lowest BCUT2D eigenvalue weighted by Crippen LogP contribution is -2.51. The lowest BCUT2D eigenvalue weighted by atomic mass is 9.87. The van der Waals surface area contributed by atoms with Gasteiger partial charge in [0, 0.05) is 6.04 Å². The van der Waals surface area contributed by atoms with Crippen LogP contribution in [-0.2, 0) is 9.47 Å². The molecule has 6 nitrogen and oxygen atoms in total. The van der Waals surface area contributed by atoms with Crippen molar-refractivity contribution in [3.63, 3.8) is 0 Å². The summed E-state index contributed by atoms with van der Waals surface area (Å²) in [6.07, 6.45) is 3.65. The molecule has 27 heavy (non-hydrogen) atoms. The second-order valence-corrected chi connectivity index (χ2v) is 7.89. The molecule has 0 unspecified atom stereocenters. The van der Waals surface area contributed by atoms with Crippen LogP contribution in [0.4, 0.5) is 9.18 Å². The van der Waals surface area contributed by atoms with Gasteiger partial charge in [-0.3, -0.25) is 0 Å². The third kappa shape index (κ3) is 4.35. The van der Waals surface area contributed by atoms with E-state index in [0.717, 1.165) is 31.6 Å². The minimum absolute atomic E-state index is 0.157. The average Bonchev–Trinajstić information content (AvgIpc) is 3.23. The highest BCUT2D eigenvalue weighted by Crippen LogP contribution is 2.30. The average molecular weight is 378 g/mol. The van der Waals surface area contributed by atoms with E-state index in [-0.39, 0.29) is 42.2 Å². The van der Waals surface area contributed by atoms with Gasteiger partial charge in [-0.05, 0) is 55.9 Å². The van der Waals surface area contributed by atoms with Crippen molar-refractivity contribution in [2.45, 2.75) is 63.0 Å².